The second kappa shape index (κ2) is 15.5. The molecule has 2 heteroatoms. The van der Waals surface area contributed by atoms with E-state index in [1.165, 1.54) is 33.4 Å². The largest absolute Gasteiger partial charge is 0.456 e. The van der Waals surface area contributed by atoms with Gasteiger partial charge in [0, 0.05) is 28.0 Å². The van der Waals surface area contributed by atoms with Crippen LogP contribution in [-0.2, 0) is 0 Å². The molecule has 10 aromatic rings. The van der Waals surface area contributed by atoms with Crippen LogP contribution in [0.5, 0.6) is 0 Å². The van der Waals surface area contributed by atoms with E-state index >= 15 is 0 Å². The SMILES string of the molecule is c1ccc(-c2ccc(-c3ccc(N(c4ccc(-c5ccccc5)cc4)c4ccc(-c5ccc(-c6ccccc6)c(-c6cc7ccccc7o6)c5)cc4)cc3)cc2)cc1. The van der Waals surface area contributed by atoms with Gasteiger partial charge in [0.05, 0.1) is 0 Å². The van der Waals surface area contributed by atoms with Gasteiger partial charge in [0.2, 0.25) is 0 Å². The van der Waals surface area contributed by atoms with Crippen LogP contribution in [0.4, 0.5) is 17.1 Å². The number of hydrogen-bond acceptors (Lipinski definition) is 2. The van der Waals surface area contributed by atoms with Gasteiger partial charge >= 0.3 is 0 Å². The van der Waals surface area contributed by atoms with Crippen molar-refractivity contribution in [3.63, 3.8) is 0 Å². The molecular weight excluding hydrogens is 703 g/mol. The molecule has 0 saturated heterocycles. The van der Waals surface area contributed by atoms with Crippen LogP contribution in [0.2, 0.25) is 0 Å². The standard InChI is InChI=1S/C56H39NO/c1-4-12-40(13-5-1)42-20-22-43(23-21-42)45-26-33-51(34-27-45)57(50-31-24-44(25-32-50)41-14-6-2-7-15-41)52-35-28-46(29-36-52)48-30-37-53(47-16-8-3-9-17-47)54(38-48)56-39-49-18-10-11-19-55(49)58-56/h1-39H. The molecule has 0 aliphatic heterocycles. The molecule has 0 unspecified atom stereocenters. The molecule has 2 nitrogen and oxygen atoms in total. The number of furan rings is 1. The van der Waals surface area contributed by atoms with Crippen molar-refractivity contribution in [3.05, 3.63) is 237 Å². The fourth-order valence-corrected chi connectivity index (χ4v) is 7.88. The summed E-state index contributed by atoms with van der Waals surface area (Å²) in [6.07, 6.45) is 0. The topological polar surface area (TPSA) is 16.4 Å². The second-order valence-electron chi connectivity index (χ2n) is 14.6. The Morgan fingerprint density at radius 2 is 0.621 bits per heavy atom. The molecule has 0 amide bonds. The third-order valence-electron chi connectivity index (χ3n) is 10.9. The number of benzene rings is 9. The zero-order chi connectivity index (χ0) is 38.7. The maximum absolute atomic E-state index is 6.45. The van der Waals surface area contributed by atoms with Crippen LogP contribution in [0.15, 0.2) is 241 Å². The van der Waals surface area contributed by atoms with Gasteiger partial charge in [0.1, 0.15) is 11.3 Å². The van der Waals surface area contributed by atoms with Crippen molar-refractivity contribution in [3.8, 4) is 67.0 Å². The van der Waals surface area contributed by atoms with Crippen molar-refractivity contribution < 1.29 is 4.42 Å². The predicted molar refractivity (Wildman–Crippen MR) is 244 cm³/mol. The average molecular weight is 742 g/mol. The molecule has 0 aliphatic rings. The third kappa shape index (κ3) is 7.00. The van der Waals surface area contributed by atoms with Gasteiger partial charge in [-0.3, -0.25) is 0 Å². The van der Waals surface area contributed by atoms with Gasteiger partial charge in [-0.05, 0) is 110 Å². The number of rotatable bonds is 9. The van der Waals surface area contributed by atoms with Crippen LogP contribution in [-0.4, -0.2) is 0 Å². The summed E-state index contributed by atoms with van der Waals surface area (Å²) in [5.74, 6) is 0.860. The first kappa shape index (κ1) is 34.8. The molecule has 0 N–H and O–H groups in total. The summed E-state index contributed by atoms with van der Waals surface area (Å²) in [7, 11) is 0. The van der Waals surface area contributed by atoms with Crippen LogP contribution >= 0.6 is 0 Å². The summed E-state index contributed by atoms with van der Waals surface area (Å²) in [4.78, 5) is 2.33. The van der Waals surface area contributed by atoms with E-state index in [-0.39, 0.29) is 0 Å². The molecule has 0 aliphatic carbocycles. The smallest absolute Gasteiger partial charge is 0.136 e. The minimum absolute atomic E-state index is 0.860. The Bertz CT molecular complexity index is 2900. The highest BCUT2D eigenvalue weighted by Crippen LogP contribution is 2.41. The molecule has 58 heavy (non-hydrogen) atoms. The monoisotopic (exact) mass is 741 g/mol. The Kier molecular flexibility index (Phi) is 9.27. The van der Waals surface area contributed by atoms with E-state index in [4.69, 9.17) is 4.42 Å². The van der Waals surface area contributed by atoms with E-state index in [2.05, 4.69) is 229 Å². The lowest BCUT2D eigenvalue weighted by molar-refractivity contribution is 0.632. The number of anilines is 3. The highest BCUT2D eigenvalue weighted by atomic mass is 16.3. The van der Waals surface area contributed by atoms with Gasteiger partial charge in [-0.15, -0.1) is 0 Å². The van der Waals surface area contributed by atoms with E-state index in [0.717, 1.165) is 61.6 Å². The van der Waals surface area contributed by atoms with Crippen molar-refractivity contribution >= 4 is 28.0 Å². The van der Waals surface area contributed by atoms with Gasteiger partial charge in [-0.2, -0.15) is 0 Å². The van der Waals surface area contributed by atoms with Crippen molar-refractivity contribution in [2.45, 2.75) is 0 Å². The average Bonchev–Trinajstić information content (AvgIpc) is 3.75. The van der Waals surface area contributed by atoms with Crippen molar-refractivity contribution in [1.29, 1.82) is 0 Å². The zero-order valence-corrected chi connectivity index (χ0v) is 31.9. The predicted octanol–water partition coefficient (Wildman–Crippen LogP) is 15.9. The lowest BCUT2D eigenvalue weighted by atomic mass is 9.93. The molecule has 0 radical (unpaired) electrons. The quantitative estimate of drug-likeness (QED) is 0.146. The molecule has 0 atom stereocenters. The van der Waals surface area contributed by atoms with E-state index in [1.807, 2.05) is 12.1 Å². The highest BCUT2D eigenvalue weighted by Gasteiger charge is 2.17. The van der Waals surface area contributed by atoms with Gasteiger partial charge in [-0.25, -0.2) is 0 Å². The van der Waals surface area contributed by atoms with Crippen molar-refractivity contribution in [2.24, 2.45) is 0 Å². The molecule has 1 aromatic heterocycles. The van der Waals surface area contributed by atoms with Crippen LogP contribution < -0.4 is 4.90 Å². The number of nitrogens with zero attached hydrogens (tertiary/aromatic N) is 1. The first-order valence-electron chi connectivity index (χ1n) is 19.7. The minimum atomic E-state index is 0.860. The Balaban J connectivity index is 1.00. The van der Waals surface area contributed by atoms with E-state index in [1.54, 1.807) is 0 Å². The molecule has 274 valence electrons. The molecule has 0 fully saturated rings. The number of para-hydroxylation sites is 1. The van der Waals surface area contributed by atoms with Crippen LogP contribution in [0.1, 0.15) is 0 Å². The third-order valence-corrected chi connectivity index (χ3v) is 10.9. The van der Waals surface area contributed by atoms with E-state index in [9.17, 15) is 0 Å². The molecule has 9 aromatic carbocycles. The Labute approximate surface area is 339 Å². The summed E-state index contributed by atoms with van der Waals surface area (Å²) in [5, 5.41) is 1.09. The Morgan fingerprint density at radius 1 is 0.259 bits per heavy atom. The van der Waals surface area contributed by atoms with Crippen LogP contribution in [0.3, 0.4) is 0 Å². The minimum Gasteiger partial charge on any atom is -0.456 e. The van der Waals surface area contributed by atoms with Gasteiger partial charge in [0.15, 0.2) is 0 Å². The van der Waals surface area contributed by atoms with Gasteiger partial charge < -0.3 is 9.32 Å². The summed E-state index contributed by atoms with van der Waals surface area (Å²) < 4.78 is 6.45. The molecule has 0 spiro atoms. The van der Waals surface area contributed by atoms with Crippen molar-refractivity contribution in [2.75, 3.05) is 4.90 Å². The maximum atomic E-state index is 6.45. The summed E-state index contributed by atoms with van der Waals surface area (Å²) in [5.41, 5.74) is 17.0. The number of fused-ring (bicyclic) bond motifs is 1. The first-order valence-corrected chi connectivity index (χ1v) is 19.7. The second-order valence-corrected chi connectivity index (χ2v) is 14.6. The molecule has 0 saturated carbocycles. The lowest BCUT2D eigenvalue weighted by Crippen LogP contribution is -2.09. The van der Waals surface area contributed by atoms with Crippen LogP contribution in [0, 0.1) is 0 Å². The van der Waals surface area contributed by atoms with E-state index in [0.29, 0.717) is 0 Å². The van der Waals surface area contributed by atoms with E-state index < -0.39 is 0 Å². The van der Waals surface area contributed by atoms with Gasteiger partial charge in [-0.1, -0.05) is 182 Å². The summed E-state index contributed by atoms with van der Waals surface area (Å²) in [6, 6.07) is 84.1. The molecule has 10 rings (SSSR count). The fraction of sp³-hybridized carbons (Fsp3) is 0. The lowest BCUT2D eigenvalue weighted by Gasteiger charge is -2.26. The Hall–Kier alpha value is -7.68. The van der Waals surface area contributed by atoms with Crippen LogP contribution in [0.25, 0.3) is 77.9 Å². The zero-order valence-electron chi connectivity index (χ0n) is 31.9. The first-order chi connectivity index (χ1) is 28.7. The Morgan fingerprint density at radius 3 is 1.09 bits per heavy atom. The molecule has 0 bridgehead atoms. The normalized spacial score (nSPS) is 11.1. The highest BCUT2D eigenvalue weighted by molar-refractivity contribution is 5.91. The maximum Gasteiger partial charge on any atom is 0.136 e. The molecule has 1 heterocycles. The molecular formula is C56H39NO. The summed E-state index contributed by atoms with van der Waals surface area (Å²) in [6.45, 7) is 0. The van der Waals surface area contributed by atoms with Gasteiger partial charge in [0.25, 0.3) is 0 Å². The fourth-order valence-electron chi connectivity index (χ4n) is 7.88. The summed E-state index contributed by atoms with van der Waals surface area (Å²) >= 11 is 0. The van der Waals surface area contributed by atoms with Crippen molar-refractivity contribution in [1.82, 2.24) is 0 Å². The number of hydrogen-bond donors (Lipinski definition) is 0.